The number of likely N-dealkylation sites (N-methyl/N-ethyl adjacent to an activating group) is 1. The average Bonchev–Trinajstić information content (AvgIpc) is 2.13. The fraction of sp³-hybridized carbons (Fsp3) is 0.750. The van der Waals surface area contributed by atoms with Gasteiger partial charge in [0.15, 0.2) is 0 Å². The van der Waals surface area contributed by atoms with Crippen molar-refractivity contribution >= 4 is 11.8 Å². The minimum Gasteiger partial charge on any atom is -0.387 e. The van der Waals surface area contributed by atoms with Gasteiger partial charge in [0.1, 0.15) is 12.6 Å². The van der Waals surface area contributed by atoms with Crippen molar-refractivity contribution in [2.24, 2.45) is 0 Å². The number of carbonyl (C=O) groups is 2. The van der Waals surface area contributed by atoms with Crippen molar-refractivity contribution in [3.8, 4) is 0 Å². The summed E-state index contributed by atoms with van der Waals surface area (Å²) in [6.07, 6.45) is 0. The third-order valence-electron chi connectivity index (χ3n) is 2.33. The Kier molecular flexibility index (Phi) is 2.87. The third-order valence-corrected chi connectivity index (χ3v) is 2.33. The number of hydrogen-bond donors (Lipinski definition) is 1. The number of amides is 2. The van der Waals surface area contributed by atoms with Crippen LogP contribution in [-0.4, -0.2) is 59.5 Å². The Morgan fingerprint density at radius 2 is 2.23 bits per heavy atom. The first kappa shape index (κ1) is 9.98. The number of piperazine rings is 1. The minimum absolute atomic E-state index is 0.0759. The van der Waals surface area contributed by atoms with E-state index in [1.54, 1.807) is 18.9 Å². The standard InChI is InChI=1S/C8H14N2O3/c1-6-8(13)9(2)3-4-10(6)7(12)5-11/h6,11H,3-5H2,1-2H3. The van der Waals surface area contributed by atoms with Crippen LogP contribution in [0.15, 0.2) is 0 Å². The van der Waals surface area contributed by atoms with Crippen LogP contribution in [0.25, 0.3) is 0 Å². The van der Waals surface area contributed by atoms with Crippen molar-refractivity contribution < 1.29 is 14.7 Å². The topological polar surface area (TPSA) is 60.9 Å². The van der Waals surface area contributed by atoms with Crippen LogP contribution < -0.4 is 0 Å². The second kappa shape index (κ2) is 3.74. The SMILES string of the molecule is CC1C(=O)N(C)CCN1C(=O)CO. The molecule has 0 aromatic heterocycles. The van der Waals surface area contributed by atoms with Gasteiger partial charge in [-0.1, -0.05) is 0 Å². The van der Waals surface area contributed by atoms with Gasteiger partial charge >= 0.3 is 0 Å². The summed E-state index contributed by atoms with van der Waals surface area (Å²) in [5.41, 5.74) is 0. The van der Waals surface area contributed by atoms with E-state index in [9.17, 15) is 9.59 Å². The quantitative estimate of drug-likeness (QED) is 0.552. The van der Waals surface area contributed by atoms with E-state index in [0.29, 0.717) is 13.1 Å². The van der Waals surface area contributed by atoms with Crippen LogP contribution in [0.3, 0.4) is 0 Å². The Hall–Kier alpha value is -1.10. The molecule has 0 saturated carbocycles. The molecule has 0 aromatic rings. The third kappa shape index (κ3) is 1.80. The Balaban J connectivity index is 2.69. The van der Waals surface area contributed by atoms with E-state index < -0.39 is 12.6 Å². The van der Waals surface area contributed by atoms with E-state index >= 15 is 0 Å². The molecule has 1 atom stereocenters. The molecule has 13 heavy (non-hydrogen) atoms. The van der Waals surface area contributed by atoms with E-state index in [2.05, 4.69) is 0 Å². The number of rotatable bonds is 1. The van der Waals surface area contributed by atoms with Gasteiger partial charge in [-0.25, -0.2) is 0 Å². The van der Waals surface area contributed by atoms with E-state index in [0.717, 1.165) is 0 Å². The van der Waals surface area contributed by atoms with Gasteiger partial charge in [0.25, 0.3) is 0 Å². The lowest BCUT2D eigenvalue weighted by atomic mass is 10.2. The summed E-state index contributed by atoms with van der Waals surface area (Å²) in [4.78, 5) is 25.5. The lowest BCUT2D eigenvalue weighted by Crippen LogP contribution is -2.56. The van der Waals surface area contributed by atoms with Gasteiger partial charge in [0, 0.05) is 20.1 Å². The molecule has 1 rings (SSSR count). The Bertz CT molecular complexity index is 229. The maximum absolute atomic E-state index is 11.4. The number of nitrogens with zero attached hydrogens (tertiary/aromatic N) is 2. The summed E-state index contributed by atoms with van der Waals surface area (Å²) in [6, 6.07) is -0.446. The Morgan fingerprint density at radius 1 is 1.62 bits per heavy atom. The van der Waals surface area contributed by atoms with Gasteiger partial charge < -0.3 is 14.9 Å². The highest BCUT2D eigenvalue weighted by Gasteiger charge is 2.31. The molecule has 5 nitrogen and oxygen atoms in total. The molecule has 2 amide bonds. The van der Waals surface area contributed by atoms with Gasteiger partial charge in [0.05, 0.1) is 0 Å². The maximum Gasteiger partial charge on any atom is 0.249 e. The van der Waals surface area contributed by atoms with Crippen LogP contribution in [0.2, 0.25) is 0 Å². The number of carbonyl (C=O) groups excluding carboxylic acids is 2. The summed E-state index contributed by atoms with van der Waals surface area (Å²) >= 11 is 0. The maximum atomic E-state index is 11.4. The van der Waals surface area contributed by atoms with Crippen LogP contribution in [0.4, 0.5) is 0 Å². The summed E-state index contributed by atoms with van der Waals surface area (Å²) in [5.74, 6) is -0.456. The van der Waals surface area contributed by atoms with Gasteiger partial charge in [-0.15, -0.1) is 0 Å². The molecule has 0 aliphatic carbocycles. The summed E-state index contributed by atoms with van der Waals surface area (Å²) < 4.78 is 0. The molecule has 1 heterocycles. The average molecular weight is 186 g/mol. The molecule has 1 fully saturated rings. The second-order valence-electron chi connectivity index (χ2n) is 3.18. The van der Waals surface area contributed by atoms with Gasteiger partial charge in [0.2, 0.25) is 11.8 Å². The van der Waals surface area contributed by atoms with Crippen molar-refractivity contribution in [1.29, 1.82) is 0 Å². The molecule has 5 heteroatoms. The molecule has 0 radical (unpaired) electrons. The van der Waals surface area contributed by atoms with Crippen molar-refractivity contribution in [2.75, 3.05) is 26.7 Å². The lowest BCUT2D eigenvalue weighted by molar-refractivity contribution is -0.150. The molecular weight excluding hydrogens is 172 g/mol. The molecule has 1 aliphatic heterocycles. The molecule has 0 aromatic carbocycles. The summed E-state index contributed by atoms with van der Waals surface area (Å²) in [7, 11) is 1.71. The van der Waals surface area contributed by atoms with Crippen molar-refractivity contribution in [3.63, 3.8) is 0 Å². The first-order chi connectivity index (χ1) is 6.07. The van der Waals surface area contributed by atoms with Crippen molar-refractivity contribution in [2.45, 2.75) is 13.0 Å². The van der Waals surface area contributed by atoms with Crippen LogP contribution >= 0.6 is 0 Å². The number of hydrogen-bond acceptors (Lipinski definition) is 3. The zero-order valence-corrected chi connectivity index (χ0v) is 7.86. The fourth-order valence-electron chi connectivity index (χ4n) is 1.45. The summed E-state index contributed by atoms with van der Waals surface area (Å²) in [6.45, 7) is 2.19. The van der Waals surface area contributed by atoms with Crippen LogP contribution in [0.5, 0.6) is 0 Å². The van der Waals surface area contributed by atoms with Crippen LogP contribution in [-0.2, 0) is 9.59 Å². The smallest absolute Gasteiger partial charge is 0.249 e. The largest absolute Gasteiger partial charge is 0.387 e. The highest BCUT2D eigenvalue weighted by atomic mass is 16.3. The molecule has 1 unspecified atom stereocenters. The second-order valence-corrected chi connectivity index (χ2v) is 3.18. The van der Waals surface area contributed by atoms with E-state index in [-0.39, 0.29) is 11.8 Å². The molecule has 1 saturated heterocycles. The zero-order chi connectivity index (χ0) is 10.0. The van der Waals surface area contributed by atoms with Crippen molar-refractivity contribution in [1.82, 2.24) is 9.80 Å². The Labute approximate surface area is 76.9 Å². The molecule has 0 bridgehead atoms. The molecule has 1 aliphatic rings. The zero-order valence-electron chi connectivity index (χ0n) is 7.86. The molecule has 1 N–H and O–H groups in total. The first-order valence-electron chi connectivity index (χ1n) is 4.23. The van der Waals surface area contributed by atoms with Gasteiger partial charge in [-0.3, -0.25) is 9.59 Å². The van der Waals surface area contributed by atoms with Crippen molar-refractivity contribution in [3.05, 3.63) is 0 Å². The predicted molar refractivity (Wildman–Crippen MR) is 45.9 cm³/mol. The molecular formula is C8H14N2O3. The van der Waals surface area contributed by atoms with E-state index in [4.69, 9.17) is 5.11 Å². The van der Waals surface area contributed by atoms with Gasteiger partial charge in [-0.05, 0) is 6.92 Å². The summed E-state index contributed by atoms with van der Waals surface area (Å²) in [5, 5.41) is 8.64. The molecule has 74 valence electrons. The highest BCUT2D eigenvalue weighted by Crippen LogP contribution is 2.09. The predicted octanol–water partition coefficient (Wildman–Crippen LogP) is -1.33. The fourth-order valence-corrected chi connectivity index (χ4v) is 1.45. The lowest BCUT2D eigenvalue weighted by Gasteiger charge is -2.36. The number of aliphatic hydroxyl groups is 1. The number of aliphatic hydroxyl groups excluding tert-OH is 1. The van der Waals surface area contributed by atoms with Crippen LogP contribution in [0, 0.1) is 0 Å². The van der Waals surface area contributed by atoms with Crippen LogP contribution in [0.1, 0.15) is 6.92 Å². The van der Waals surface area contributed by atoms with Gasteiger partial charge in [-0.2, -0.15) is 0 Å². The highest BCUT2D eigenvalue weighted by molar-refractivity contribution is 5.88. The Morgan fingerprint density at radius 3 is 2.77 bits per heavy atom. The van der Waals surface area contributed by atoms with E-state index in [1.165, 1.54) is 4.90 Å². The first-order valence-corrected chi connectivity index (χ1v) is 4.23. The van der Waals surface area contributed by atoms with E-state index in [1.807, 2.05) is 0 Å². The molecule has 0 spiro atoms. The monoisotopic (exact) mass is 186 g/mol. The normalized spacial score (nSPS) is 23.6. The minimum atomic E-state index is -0.526.